The van der Waals surface area contributed by atoms with Crippen molar-refractivity contribution in [1.29, 1.82) is 0 Å². The number of aliphatic hydroxyl groups excluding tert-OH is 1. The van der Waals surface area contributed by atoms with E-state index in [0.717, 1.165) is 39.2 Å². The quantitative estimate of drug-likeness (QED) is 0.535. The Kier molecular flexibility index (Phi) is 4.91. The molecule has 1 N–H and O–H groups in total. The minimum atomic E-state index is -0.126. The zero-order valence-electron chi connectivity index (χ0n) is 15.8. The number of aromatic nitrogens is 3. The van der Waals surface area contributed by atoms with Gasteiger partial charge in [0, 0.05) is 11.1 Å². The molecule has 0 aliphatic heterocycles. The van der Waals surface area contributed by atoms with Gasteiger partial charge in [-0.2, -0.15) is 0 Å². The Morgan fingerprint density at radius 3 is 2.29 bits per heavy atom. The van der Waals surface area contributed by atoms with E-state index in [1.54, 1.807) is 11.8 Å². The fourth-order valence-corrected chi connectivity index (χ4v) is 3.26. The van der Waals surface area contributed by atoms with Gasteiger partial charge in [-0.1, -0.05) is 47.2 Å². The first-order chi connectivity index (χ1) is 13.7. The van der Waals surface area contributed by atoms with E-state index in [4.69, 9.17) is 4.74 Å². The molecule has 1 aromatic heterocycles. The van der Waals surface area contributed by atoms with Crippen molar-refractivity contribution in [3.63, 3.8) is 0 Å². The van der Waals surface area contributed by atoms with Crippen LogP contribution in [0.3, 0.4) is 0 Å². The van der Waals surface area contributed by atoms with Crippen LogP contribution in [-0.2, 0) is 0 Å². The molecule has 4 aromatic rings. The monoisotopic (exact) mass is 371 g/mol. The number of benzene rings is 3. The Morgan fingerprint density at radius 1 is 0.929 bits per heavy atom. The van der Waals surface area contributed by atoms with E-state index < -0.39 is 0 Å². The van der Waals surface area contributed by atoms with Crippen LogP contribution in [0.25, 0.3) is 22.3 Å². The molecule has 0 fully saturated rings. The first kappa shape index (κ1) is 17.9. The molecule has 0 amide bonds. The maximum atomic E-state index is 10.3. The van der Waals surface area contributed by atoms with E-state index in [-0.39, 0.29) is 6.61 Å². The number of nitrogens with zero attached hydrogens (tertiary/aromatic N) is 3. The number of fused-ring (bicyclic) bond motifs is 1. The first-order valence-corrected chi connectivity index (χ1v) is 9.07. The van der Waals surface area contributed by atoms with E-state index in [9.17, 15) is 5.11 Å². The molecule has 0 aliphatic rings. The van der Waals surface area contributed by atoms with Gasteiger partial charge in [-0.15, -0.1) is 5.10 Å². The molecule has 28 heavy (non-hydrogen) atoms. The summed E-state index contributed by atoms with van der Waals surface area (Å²) in [6.07, 6.45) is 0. The maximum absolute atomic E-state index is 10.3. The van der Waals surface area contributed by atoms with Crippen LogP contribution in [0, 0.1) is 6.92 Å². The number of hydrogen-bond donors (Lipinski definition) is 1. The van der Waals surface area contributed by atoms with Crippen molar-refractivity contribution >= 4 is 22.3 Å². The minimum absolute atomic E-state index is 0.126. The smallest absolute Gasteiger partial charge is 0.118 e. The van der Waals surface area contributed by atoms with E-state index in [2.05, 4.69) is 10.3 Å². The molecule has 0 spiro atoms. The highest BCUT2D eigenvalue weighted by Crippen LogP contribution is 2.30. The molecular formula is C23H21N3O2. The lowest BCUT2D eigenvalue weighted by atomic mass is 9.99. The largest absolute Gasteiger partial charge is 0.497 e. The summed E-state index contributed by atoms with van der Waals surface area (Å²) in [7, 11) is 1.64. The van der Waals surface area contributed by atoms with Crippen LogP contribution in [-0.4, -0.2) is 33.8 Å². The van der Waals surface area contributed by atoms with Crippen molar-refractivity contribution in [3.8, 4) is 5.75 Å². The van der Waals surface area contributed by atoms with E-state index in [0.29, 0.717) is 0 Å². The number of para-hydroxylation sites is 1. The lowest BCUT2D eigenvalue weighted by molar-refractivity contribution is 0.350. The molecule has 0 saturated carbocycles. The molecule has 0 aliphatic carbocycles. The summed E-state index contributed by atoms with van der Waals surface area (Å²) in [4.78, 5) is 0. The van der Waals surface area contributed by atoms with E-state index in [1.165, 1.54) is 5.56 Å². The summed E-state index contributed by atoms with van der Waals surface area (Å²) < 4.78 is 7.09. The molecule has 5 nitrogen and oxygen atoms in total. The van der Waals surface area contributed by atoms with Crippen LogP contribution < -0.4 is 4.74 Å². The Hall–Kier alpha value is -3.44. The van der Waals surface area contributed by atoms with Gasteiger partial charge < -0.3 is 9.84 Å². The predicted molar refractivity (Wildman–Crippen MR) is 111 cm³/mol. The molecule has 0 saturated heterocycles. The van der Waals surface area contributed by atoms with Gasteiger partial charge in [0.05, 0.1) is 24.9 Å². The summed E-state index contributed by atoms with van der Waals surface area (Å²) in [5.41, 5.74) is 6.28. The second-order valence-corrected chi connectivity index (χ2v) is 6.57. The predicted octanol–water partition coefficient (Wildman–Crippen LogP) is 4.16. The average Bonchev–Trinajstić information content (AvgIpc) is 3.17. The Bertz CT molecular complexity index is 1130. The molecule has 3 aromatic carbocycles. The number of rotatable bonds is 5. The van der Waals surface area contributed by atoms with Crippen molar-refractivity contribution in [2.24, 2.45) is 0 Å². The van der Waals surface area contributed by atoms with Crippen molar-refractivity contribution in [3.05, 3.63) is 89.5 Å². The highest BCUT2D eigenvalue weighted by molar-refractivity contribution is 5.94. The first-order valence-electron chi connectivity index (χ1n) is 9.07. The molecule has 0 unspecified atom stereocenters. The number of aliphatic hydroxyl groups is 1. The Labute approximate surface area is 163 Å². The summed E-state index contributed by atoms with van der Waals surface area (Å²) in [6.45, 7) is 1.92. The van der Waals surface area contributed by atoms with Crippen LogP contribution in [0.5, 0.6) is 5.75 Å². The summed E-state index contributed by atoms with van der Waals surface area (Å²) in [5.74, 6) is 0.771. The zero-order valence-corrected chi connectivity index (χ0v) is 15.8. The topological polar surface area (TPSA) is 60.2 Å². The van der Waals surface area contributed by atoms with Gasteiger partial charge in [0.25, 0.3) is 0 Å². The molecule has 5 heteroatoms. The number of hydrogen-bond acceptors (Lipinski definition) is 4. The summed E-state index contributed by atoms with van der Waals surface area (Å²) in [6, 6.07) is 23.6. The lowest BCUT2D eigenvalue weighted by Crippen LogP contribution is -2.07. The third-order valence-corrected chi connectivity index (χ3v) is 4.77. The third-order valence-electron chi connectivity index (χ3n) is 4.77. The molecular weight excluding hydrogens is 350 g/mol. The number of ether oxygens (including phenoxy) is 1. The van der Waals surface area contributed by atoms with Gasteiger partial charge in [-0.3, -0.25) is 0 Å². The average molecular weight is 371 g/mol. The van der Waals surface area contributed by atoms with Crippen molar-refractivity contribution in [1.82, 2.24) is 15.0 Å². The zero-order chi connectivity index (χ0) is 19.5. The van der Waals surface area contributed by atoms with E-state index >= 15 is 0 Å². The summed E-state index contributed by atoms with van der Waals surface area (Å²) in [5, 5.41) is 19.0. The highest BCUT2D eigenvalue weighted by atomic mass is 16.5. The highest BCUT2D eigenvalue weighted by Gasteiger charge is 2.17. The molecule has 4 rings (SSSR count). The van der Waals surface area contributed by atoms with Crippen molar-refractivity contribution in [2.75, 3.05) is 13.7 Å². The maximum Gasteiger partial charge on any atom is 0.118 e. The third kappa shape index (κ3) is 3.28. The van der Waals surface area contributed by atoms with Crippen LogP contribution in [0.15, 0.2) is 72.8 Å². The molecule has 1 heterocycles. The van der Waals surface area contributed by atoms with Crippen molar-refractivity contribution in [2.45, 2.75) is 6.92 Å². The van der Waals surface area contributed by atoms with Gasteiger partial charge in [0.15, 0.2) is 0 Å². The number of methoxy groups -OCH3 is 1. The molecule has 140 valence electrons. The molecule has 0 bridgehead atoms. The Morgan fingerprint density at radius 2 is 1.61 bits per heavy atom. The second-order valence-electron chi connectivity index (χ2n) is 6.57. The normalized spacial score (nSPS) is 12.1. The SMILES string of the molecule is COc1ccc(/C(=C(/CO)c2ccc(C)cc2)n2nnc3ccccc32)cc1. The standard InChI is InChI=1S/C23H21N3O2/c1-16-7-9-17(10-8-16)20(15-27)23(18-11-13-19(28-2)14-12-18)26-22-6-4-3-5-21(22)24-25-26/h3-14,27H,15H2,1-2H3/b23-20+. The van der Waals surface area contributed by atoms with Gasteiger partial charge in [0.1, 0.15) is 11.3 Å². The summed E-state index contributed by atoms with van der Waals surface area (Å²) >= 11 is 0. The van der Waals surface area contributed by atoms with Crippen LogP contribution in [0.4, 0.5) is 0 Å². The van der Waals surface area contributed by atoms with E-state index in [1.807, 2.05) is 79.7 Å². The van der Waals surface area contributed by atoms with Crippen LogP contribution in [0.2, 0.25) is 0 Å². The van der Waals surface area contributed by atoms with Crippen LogP contribution in [0.1, 0.15) is 16.7 Å². The fourth-order valence-electron chi connectivity index (χ4n) is 3.26. The number of aryl methyl sites for hydroxylation is 1. The minimum Gasteiger partial charge on any atom is -0.497 e. The van der Waals surface area contributed by atoms with Gasteiger partial charge in [0.2, 0.25) is 0 Å². The molecule has 0 radical (unpaired) electrons. The lowest BCUT2D eigenvalue weighted by Gasteiger charge is -2.16. The van der Waals surface area contributed by atoms with Gasteiger partial charge in [-0.05, 0) is 48.9 Å². The van der Waals surface area contributed by atoms with Crippen molar-refractivity contribution < 1.29 is 9.84 Å². The van der Waals surface area contributed by atoms with Gasteiger partial charge in [-0.25, -0.2) is 4.68 Å². The van der Waals surface area contributed by atoms with Gasteiger partial charge >= 0.3 is 0 Å². The fraction of sp³-hybridized carbons (Fsp3) is 0.130. The Balaban J connectivity index is 2.00. The molecule has 0 atom stereocenters. The second kappa shape index (κ2) is 7.66. The van der Waals surface area contributed by atoms with Crippen LogP contribution >= 0.6 is 0 Å².